The molecule has 0 bridgehead atoms. The summed E-state index contributed by atoms with van der Waals surface area (Å²) in [6, 6.07) is 7.54. The van der Waals surface area contributed by atoms with Crippen molar-refractivity contribution in [1.82, 2.24) is 0 Å². The first-order chi connectivity index (χ1) is 9.57. The van der Waals surface area contributed by atoms with Gasteiger partial charge < -0.3 is 4.74 Å². The minimum Gasteiger partial charge on any atom is -0.415 e. The van der Waals surface area contributed by atoms with Crippen LogP contribution in [0.2, 0.25) is 0 Å². The molecule has 9 heteroatoms. The maximum Gasteiger partial charge on any atom is 0.460 e. The van der Waals surface area contributed by atoms with Gasteiger partial charge in [-0.3, -0.25) is 0 Å². The topological polar surface area (TPSA) is 38.7 Å². The number of benzene rings is 1. The Labute approximate surface area is 114 Å². The van der Waals surface area contributed by atoms with Crippen LogP contribution in [0.4, 0.5) is 26.3 Å². The number of hydrogen-bond acceptors (Lipinski definition) is 3. The number of cyclic esters (lactones) is 1. The lowest BCUT2D eigenvalue weighted by molar-refractivity contribution is -0.361. The Morgan fingerprint density at radius 1 is 1.00 bits per heavy atom. The van der Waals surface area contributed by atoms with Crippen LogP contribution in [0.1, 0.15) is 5.56 Å². The highest BCUT2D eigenvalue weighted by Crippen LogP contribution is 2.49. The number of carbonyl (C=O) groups is 1. The van der Waals surface area contributed by atoms with Crippen LogP contribution in [0.15, 0.2) is 35.3 Å². The first kappa shape index (κ1) is 15.3. The number of alkyl halides is 6. The molecule has 114 valence electrons. The third-order valence-corrected chi connectivity index (χ3v) is 2.75. The lowest BCUT2D eigenvalue weighted by atomic mass is 10.1. The van der Waals surface area contributed by atoms with Crippen molar-refractivity contribution in [3.05, 3.63) is 35.9 Å². The van der Waals surface area contributed by atoms with Crippen molar-refractivity contribution in [3.63, 3.8) is 0 Å². The standard InChI is InChI=1S/C12H7F6NO2/c13-11(14,15)10(12(16,17)18)19-8(9(20)21-10)6-7-4-2-1-3-5-7/h1-5H,6H2. The Kier molecular flexibility index (Phi) is 3.46. The van der Waals surface area contributed by atoms with Crippen molar-refractivity contribution in [2.24, 2.45) is 4.99 Å². The van der Waals surface area contributed by atoms with Crippen molar-refractivity contribution in [3.8, 4) is 0 Å². The van der Waals surface area contributed by atoms with E-state index in [9.17, 15) is 31.1 Å². The Bertz CT molecular complexity index is 562. The summed E-state index contributed by atoms with van der Waals surface area (Å²) >= 11 is 0. The van der Waals surface area contributed by atoms with Crippen molar-refractivity contribution < 1.29 is 35.9 Å². The first-order valence-corrected chi connectivity index (χ1v) is 5.56. The second-order valence-electron chi connectivity index (χ2n) is 4.25. The van der Waals surface area contributed by atoms with Gasteiger partial charge in [-0.15, -0.1) is 0 Å². The normalized spacial score (nSPS) is 18.4. The average molecular weight is 311 g/mol. The number of ether oxygens (including phenoxy) is 1. The van der Waals surface area contributed by atoms with Crippen molar-refractivity contribution in [2.75, 3.05) is 0 Å². The van der Waals surface area contributed by atoms with Crippen LogP contribution < -0.4 is 0 Å². The molecule has 2 rings (SSSR count). The van der Waals surface area contributed by atoms with Gasteiger partial charge in [0.2, 0.25) is 0 Å². The summed E-state index contributed by atoms with van der Waals surface area (Å²) in [4.78, 5) is 13.9. The van der Waals surface area contributed by atoms with Crippen LogP contribution >= 0.6 is 0 Å². The van der Waals surface area contributed by atoms with Crippen LogP contribution in [-0.2, 0) is 16.0 Å². The van der Waals surface area contributed by atoms with E-state index in [0.29, 0.717) is 5.56 Å². The van der Waals surface area contributed by atoms with Crippen LogP contribution in [0.5, 0.6) is 0 Å². The molecule has 0 fully saturated rings. The monoisotopic (exact) mass is 311 g/mol. The van der Waals surface area contributed by atoms with E-state index in [0.717, 1.165) is 0 Å². The molecule has 0 aromatic heterocycles. The Hall–Kier alpha value is -2.06. The zero-order chi connectivity index (χ0) is 15.9. The van der Waals surface area contributed by atoms with E-state index in [-0.39, 0.29) is 0 Å². The van der Waals surface area contributed by atoms with Crippen molar-refractivity contribution in [1.29, 1.82) is 0 Å². The molecule has 0 N–H and O–H groups in total. The Morgan fingerprint density at radius 3 is 1.95 bits per heavy atom. The summed E-state index contributed by atoms with van der Waals surface area (Å²) in [6.07, 6.45) is -12.3. The summed E-state index contributed by atoms with van der Waals surface area (Å²) in [6.45, 7) is 0. The van der Waals surface area contributed by atoms with Gasteiger partial charge in [0.05, 0.1) is 0 Å². The van der Waals surface area contributed by atoms with Gasteiger partial charge in [0.1, 0.15) is 5.71 Å². The van der Waals surface area contributed by atoms with E-state index in [1.165, 1.54) is 24.3 Å². The number of rotatable bonds is 2. The highest BCUT2D eigenvalue weighted by atomic mass is 19.4. The van der Waals surface area contributed by atoms with Crippen molar-refractivity contribution >= 4 is 11.7 Å². The predicted molar refractivity (Wildman–Crippen MR) is 58.5 cm³/mol. The maximum atomic E-state index is 12.7. The quantitative estimate of drug-likeness (QED) is 0.622. The molecule has 1 aromatic rings. The van der Waals surface area contributed by atoms with Gasteiger partial charge in [-0.2, -0.15) is 26.3 Å². The fourth-order valence-electron chi connectivity index (χ4n) is 1.76. The average Bonchev–Trinajstić information content (AvgIpc) is 2.68. The van der Waals surface area contributed by atoms with E-state index < -0.39 is 36.2 Å². The second kappa shape index (κ2) is 4.74. The van der Waals surface area contributed by atoms with Gasteiger partial charge >= 0.3 is 24.0 Å². The minimum atomic E-state index is -5.89. The SMILES string of the molecule is O=C1OC(C(F)(F)F)(C(F)(F)F)N=C1Cc1ccccc1. The van der Waals surface area contributed by atoms with E-state index in [1.807, 2.05) is 0 Å². The molecule has 1 aliphatic rings. The fraction of sp³-hybridized carbons (Fsp3) is 0.333. The summed E-state index contributed by atoms with van der Waals surface area (Å²) in [5.41, 5.74) is -5.40. The molecule has 21 heavy (non-hydrogen) atoms. The van der Waals surface area contributed by atoms with Crippen molar-refractivity contribution in [2.45, 2.75) is 24.5 Å². The Balaban J connectivity index is 2.42. The molecule has 0 unspecified atom stereocenters. The van der Waals surface area contributed by atoms with E-state index >= 15 is 0 Å². The Morgan fingerprint density at radius 2 is 1.52 bits per heavy atom. The molecule has 0 amide bonds. The summed E-state index contributed by atoms with van der Waals surface area (Å²) in [7, 11) is 0. The predicted octanol–water partition coefficient (Wildman–Crippen LogP) is 3.05. The maximum absolute atomic E-state index is 12.7. The van der Waals surface area contributed by atoms with E-state index in [2.05, 4.69) is 9.73 Å². The molecule has 0 aliphatic carbocycles. The number of halogens is 6. The van der Waals surface area contributed by atoms with Gasteiger partial charge in [0.25, 0.3) is 0 Å². The largest absolute Gasteiger partial charge is 0.460 e. The zero-order valence-electron chi connectivity index (χ0n) is 10.1. The fourth-order valence-corrected chi connectivity index (χ4v) is 1.76. The van der Waals surface area contributed by atoms with Crippen LogP contribution in [0, 0.1) is 0 Å². The van der Waals surface area contributed by atoms with Crippen LogP contribution in [-0.4, -0.2) is 29.8 Å². The van der Waals surface area contributed by atoms with Crippen LogP contribution in [0.3, 0.4) is 0 Å². The lowest BCUT2D eigenvalue weighted by Crippen LogP contribution is -2.56. The molecule has 1 aliphatic heterocycles. The van der Waals surface area contributed by atoms with Gasteiger partial charge in [0, 0.05) is 6.42 Å². The minimum absolute atomic E-state index is 0.341. The van der Waals surface area contributed by atoms with Gasteiger partial charge in [0.15, 0.2) is 0 Å². The highest BCUT2D eigenvalue weighted by Gasteiger charge is 2.77. The number of esters is 1. The number of carbonyl (C=O) groups excluding carboxylic acids is 1. The highest BCUT2D eigenvalue weighted by molar-refractivity contribution is 6.38. The lowest BCUT2D eigenvalue weighted by Gasteiger charge is -2.28. The molecule has 3 nitrogen and oxygen atoms in total. The van der Waals surface area contributed by atoms with Gasteiger partial charge in [-0.05, 0) is 5.56 Å². The van der Waals surface area contributed by atoms with E-state index in [1.54, 1.807) is 6.07 Å². The third kappa shape index (κ3) is 2.59. The molecule has 0 atom stereocenters. The summed E-state index contributed by atoms with van der Waals surface area (Å²) in [5, 5.41) is 0. The number of aliphatic imine (C=N–C) groups is 1. The first-order valence-electron chi connectivity index (χ1n) is 5.56. The molecule has 1 aromatic carbocycles. The molecule has 0 saturated carbocycles. The second-order valence-corrected chi connectivity index (χ2v) is 4.25. The number of hydrogen-bond donors (Lipinski definition) is 0. The molecule has 0 spiro atoms. The molecular weight excluding hydrogens is 304 g/mol. The van der Waals surface area contributed by atoms with Crippen LogP contribution in [0.25, 0.3) is 0 Å². The molecule has 0 radical (unpaired) electrons. The third-order valence-electron chi connectivity index (χ3n) is 2.75. The molecule has 0 saturated heterocycles. The number of nitrogens with zero attached hydrogens (tertiary/aromatic N) is 1. The van der Waals surface area contributed by atoms with Gasteiger partial charge in [-0.1, -0.05) is 30.3 Å². The summed E-state index contributed by atoms with van der Waals surface area (Å²) < 4.78 is 79.7. The summed E-state index contributed by atoms with van der Waals surface area (Å²) in [5.74, 6) is -1.73. The molecule has 1 heterocycles. The smallest absolute Gasteiger partial charge is 0.415 e. The van der Waals surface area contributed by atoms with E-state index in [4.69, 9.17) is 0 Å². The zero-order valence-corrected chi connectivity index (χ0v) is 10.1. The van der Waals surface area contributed by atoms with Gasteiger partial charge in [-0.25, -0.2) is 9.79 Å². The molecular formula is C12H7F6NO2.